The average molecular weight is 304 g/mol. The van der Waals surface area contributed by atoms with Crippen LogP contribution in [0.4, 0.5) is 0 Å². The van der Waals surface area contributed by atoms with Crippen LogP contribution in [0.1, 0.15) is 19.3 Å². The van der Waals surface area contributed by atoms with Gasteiger partial charge in [0.2, 0.25) is 5.91 Å². The Labute approximate surface area is 125 Å². The first-order valence-electron chi connectivity index (χ1n) is 7.04. The van der Waals surface area contributed by atoms with Gasteiger partial charge in [-0.25, -0.2) is 0 Å². The van der Waals surface area contributed by atoms with Crippen molar-refractivity contribution in [3.63, 3.8) is 0 Å². The fraction of sp³-hybridized carbons (Fsp3) is 0.400. The summed E-state index contributed by atoms with van der Waals surface area (Å²) in [4.78, 5) is 35.8. The quantitative estimate of drug-likeness (QED) is 0.910. The first kappa shape index (κ1) is 14.0. The summed E-state index contributed by atoms with van der Waals surface area (Å²) in [5.41, 5.74) is -0.224. The molecule has 1 aliphatic heterocycles. The third-order valence-corrected chi connectivity index (χ3v) is 4.85. The molecule has 3 rings (SSSR count). The normalized spacial score (nSPS) is 19.2. The summed E-state index contributed by atoms with van der Waals surface area (Å²) in [6, 6.07) is 7.17. The summed E-state index contributed by atoms with van der Waals surface area (Å²) in [6.45, 7) is 1.01. The second-order valence-electron chi connectivity index (χ2n) is 5.32. The van der Waals surface area contributed by atoms with E-state index in [0.29, 0.717) is 24.9 Å². The van der Waals surface area contributed by atoms with Gasteiger partial charge in [0.05, 0.1) is 5.39 Å². The topological polar surface area (TPSA) is 68.2 Å². The smallest absolute Gasteiger partial charge is 0.310 e. The van der Waals surface area contributed by atoms with Crippen molar-refractivity contribution in [3.05, 3.63) is 44.3 Å². The molecule has 1 saturated heterocycles. The van der Waals surface area contributed by atoms with E-state index >= 15 is 0 Å². The number of nitrogens with one attached hydrogen (secondary N) is 1. The largest absolute Gasteiger partial charge is 0.356 e. The standard InChI is InChI=1S/C15H16N2O3S/c18-13-6-5-10(7-8-16-13)9-17-14(19)11-3-1-2-4-12(11)21-15(17)20/h1-4,10H,5-9H2,(H,16,18). The Bertz CT molecular complexity index is 793. The molecular formula is C15H16N2O3S. The molecule has 21 heavy (non-hydrogen) atoms. The van der Waals surface area contributed by atoms with E-state index in [1.807, 2.05) is 6.07 Å². The SMILES string of the molecule is O=C1CCC(Cn2c(=O)sc3ccccc3c2=O)CCN1. The minimum absolute atomic E-state index is 0.0496. The van der Waals surface area contributed by atoms with Gasteiger partial charge in [0.15, 0.2) is 0 Å². The van der Waals surface area contributed by atoms with Crippen molar-refractivity contribution in [2.24, 2.45) is 5.92 Å². The number of carbonyl (C=O) groups excluding carboxylic acids is 1. The van der Waals surface area contributed by atoms with Gasteiger partial charge >= 0.3 is 4.87 Å². The summed E-state index contributed by atoms with van der Waals surface area (Å²) in [7, 11) is 0. The van der Waals surface area contributed by atoms with Crippen molar-refractivity contribution < 1.29 is 4.79 Å². The molecule has 5 nitrogen and oxygen atoms in total. The minimum atomic E-state index is -0.224. The van der Waals surface area contributed by atoms with Gasteiger partial charge in [-0.05, 0) is 30.9 Å². The number of hydrogen-bond donors (Lipinski definition) is 1. The molecule has 0 saturated carbocycles. The molecule has 1 atom stereocenters. The monoisotopic (exact) mass is 304 g/mol. The number of amides is 1. The van der Waals surface area contributed by atoms with Crippen LogP contribution >= 0.6 is 11.3 Å². The number of fused-ring (bicyclic) bond motifs is 1. The number of hydrogen-bond acceptors (Lipinski definition) is 4. The zero-order valence-corrected chi connectivity index (χ0v) is 12.3. The van der Waals surface area contributed by atoms with Gasteiger partial charge in [0, 0.05) is 24.2 Å². The Morgan fingerprint density at radius 1 is 1.19 bits per heavy atom. The predicted octanol–water partition coefficient (Wildman–Crippen LogP) is 1.34. The van der Waals surface area contributed by atoms with Gasteiger partial charge in [-0.3, -0.25) is 19.0 Å². The van der Waals surface area contributed by atoms with E-state index in [2.05, 4.69) is 5.32 Å². The third-order valence-electron chi connectivity index (χ3n) is 3.88. The van der Waals surface area contributed by atoms with Crippen LogP contribution in [0.3, 0.4) is 0 Å². The van der Waals surface area contributed by atoms with E-state index in [-0.39, 0.29) is 22.3 Å². The maximum Gasteiger partial charge on any atom is 0.310 e. The first-order chi connectivity index (χ1) is 10.1. The van der Waals surface area contributed by atoms with Crippen LogP contribution in [0.2, 0.25) is 0 Å². The highest BCUT2D eigenvalue weighted by molar-refractivity contribution is 7.16. The molecule has 0 spiro atoms. The van der Waals surface area contributed by atoms with Crippen LogP contribution < -0.4 is 15.7 Å². The van der Waals surface area contributed by atoms with E-state index in [1.54, 1.807) is 18.2 Å². The molecule has 2 heterocycles. The lowest BCUT2D eigenvalue weighted by Gasteiger charge is -2.14. The van der Waals surface area contributed by atoms with Crippen molar-refractivity contribution >= 4 is 27.3 Å². The van der Waals surface area contributed by atoms with E-state index < -0.39 is 0 Å². The van der Waals surface area contributed by atoms with Crippen LogP contribution in [0, 0.1) is 5.92 Å². The fourth-order valence-corrected chi connectivity index (χ4v) is 3.56. The zero-order valence-electron chi connectivity index (χ0n) is 11.5. The predicted molar refractivity (Wildman–Crippen MR) is 82.7 cm³/mol. The highest BCUT2D eigenvalue weighted by Gasteiger charge is 2.18. The molecular weight excluding hydrogens is 288 g/mol. The molecule has 1 unspecified atom stereocenters. The maximum atomic E-state index is 12.5. The third kappa shape index (κ3) is 2.90. The Hall–Kier alpha value is -1.95. The zero-order chi connectivity index (χ0) is 14.8. The molecule has 1 aromatic heterocycles. The van der Waals surface area contributed by atoms with Gasteiger partial charge in [0.1, 0.15) is 0 Å². The molecule has 1 amide bonds. The summed E-state index contributed by atoms with van der Waals surface area (Å²) < 4.78 is 2.05. The van der Waals surface area contributed by atoms with Crippen molar-refractivity contribution in [2.75, 3.05) is 6.54 Å². The average Bonchev–Trinajstić information content (AvgIpc) is 2.68. The van der Waals surface area contributed by atoms with E-state index in [9.17, 15) is 14.4 Å². The summed E-state index contributed by atoms with van der Waals surface area (Å²) in [6.07, 6.45) is 1.98. The summed E-state index contributed by atoms with van der Waals surface area (Å²) >= 11 is 1.10. The maximum absolute atomic E-state index is 12.5. The molecule has 6 heteroatoms. The molecule has 0 bridgehead atoms. The Morgan fingerprint density at radius 2 is 2.00 bits per heavy atom. The van der Waals surface area contributed by atoms with Crippen molar-refractivity contribution in [1.29, 1.82) is 0 Å². The minimum Gasteiger partial charge on any atom is -0.356 e. The lowest BCUT2D eigenvalue weighted by molar-refractivity contribution is -0.120. The van der Waals surface area contributed by atoms with Gasteiger partial charge in [-0.1, -0.05) is 23.5 Å². The summed E-state index contributed by atoms with van der Waals surface area (Å²) in [5.74, 6) is 0.233. The van der Waals surface area contributed by atoms with Gasteiger partial charge in [-0.15, -0.1) is 0 Å². The number of benzene rings is 1. The molecule has 1 fully saturated rings. The molecule has 1 N–H and O–H groups in total. The lowest BCUT2D eigenvalue weighted by atomic mass is 10.0. The first-order valence-corrected chi connectivity index (χ1v) is 7.86. The summed E-state index contributed by atoms with van der Waals surface area (Å²) in [5, 5.41) is 3.41. The van der Waals surface area contributed by atoms with Crippen molar-refractivity contribution in [2.45, 2.75) is 25.8 Å². The number of rotatable bonds is 2. The Morgan fingerprint density at radius 3 is 2.86 bits per heavy atom. The van der Waals surface area contributed by atoms with Crippen LogP contribution in [0.5, 0.6) is 0 Å². The highest BCUT2D eigenvalue weighted by atomic mass is 32.1. The molecule has 110 valence electrons. The van der Waals surface area contributed by atoms with Gasteiger partial charge in [0.25, 0.3) is 5.56 Å². The fourth-order valence-electron chi connectivity index (χ4n) is 2.69. The number of carbonyl (C=O) groups is 1. The second-order valence-corrected chi connectivity index (χ2v) is 6.32. The number of nitrogens with zero attached hydrogens (tertiary/aromatic N) is 1. The van der Waals surface area contributed by atoms with E-state index in [4.69, 9.17) is 0 Å². The molecule has 1 aromatic carbocycles. The van der Waals surface area contributed by atoms with Crippen LogP contribution in [0.25, 0.3) is 10.1 Å². The van der Waals surface area contributed by atoms with Crippen LogP contribution in [-0.4, -0.2) is 17.0 Å². The van der Waals surface area contributed by atoms with Crippen LogP contribution in [0.15, 0.2) is 33.9 Å². The van der Waals surface area contributed by atoms with Gasteiger partial charge < -0.3 is 5.32 Å². The second kappa shape index (κ2) is 5.81. The van der Waals surface area contributed by atoms with E-state index in [1.165, 1.54) is 4.57 Å². The molecule has 2 aromatic rings. The highest BCUT2D eigenvalue weighted by Crippen LogP contribution is 2.16. The van der Waals surface area contributed by atoms with Crippen LogP contribution in [-0.2, 0) is 11.3 Å². The number of aromatic nitrogens is 1. The Kier molecular flexibility index (Phi) is 3.88. The van der Waals surface area contributed by atoms with Crippen molar-refractivity contribution in [3.8, 4) is 0 Å². The molecule has 0 aliphatic carbocycles. The lowest BCUT2D eigenvalue weighted by Crippen LogP contribution is -2.33. The van der Waals surface area contributed by atoms with E-state index in [0.717, 1.165) is 28.9 Å². The molecule has 1 aliphatic rings. The molecule has 0 radical (unpaired) electrons. The van der Waals surface area contributed by atoms with Crippen molar-refractivity contribution in [1.82, 2.24) is 9.88 Å². The Balaban J connectivity index is 1.95. The van der Waals surface area contributed by atoms with Gasteiger partial charge in [-0.2, -0.15) is 0 Å².